The fraction of sp³-hybridized carbons (Fsp3) is 0.870. The number of aliphatic carboxylic acids is 1. The number of carboxylic acid groups (broad SMARTS) is 1. The molecule has 0 heterocycles. The molecule has 0 bridgehead atoms. The molecule has 0 aliphatic heterocycles. The van der Waals surface area contributed by atoms with Gasteiger partial charge in [-0.25, -0.2) is 4.79 Å². The minimum Gasteiger partial charge on any atom is -0.480 e. The topological polar surface area (TPSA) is 136 Å². The van der Waals surface area contributed by atoms with Crippen LogP contribution in [0.25, 0.3) is 0 Å². The fourth-order valence-corrected chi connectivity index (χ4v) is 3.40. The van der Waals surface area contributed by atoms with Crippen molar-refractivity contribution >= 4 is 17.8 Å². The minimum atomic E-state index is -1.51. The van der Waals surface area contributed by atoms with E-state index < -0.39 is 36.2 Å². The van der Waals surface area contributed by atoms with Crippen LogP contribution in [0.15, 0.2) is 0 Å². The van der Waals surface area contributed by atoms with Gasteiger partial charge in [-0.3, -0.25) is 9.59 Å². The van der Waals surface area contributed by atoms with E-state index >= 15 is 0 Å². The second kappa shape index (κ2) is 18.0. The highest BCUT2D eigenvalue weighted by molar-refractivity contribution is 5.91. The summed E-state index contributed by atoms with van der Waals surface area (Å²) in [6.07, 6.45) is 10.9. The van der Waals surface area contributed by atoms with Gasteiger partial charge in [-0.1, -0.05) is 78.1 Å². The first-order valence-corrected chi connectivity index (χ1v) is 11.9. The number of amides is 2. The molecule has 0 spiro atoms. The predicted molar refractivity (Wildman–Crippen MR) is 121 cm³/mol. The van der Waals surface area contributed by atoms with Crippen LogP contribution in [0.2, 0.25) is 0 Å². The van der Waals surface area contributed by atoms with E-state index in [0.717, 1.165) is 19.3 Å². The third-order valence-corrected chi connectivity index (χ3v) is 5.46. The third-order valence-electron chi connectivity index (χ3n) is 5.46. The monoisotopic (exact) mass is 444 g/mol. The quantitative estimate of drug-likeness (QED) is 0.194. The summed E-state index contributed by atoms with van der Waals surface area (Å²) in [6, 6.07) is -2.77. The molecule has 0 aromatic carbocycles. The van der Waals surface area contributed by atoms with Crippen LogP contribution < -0.4 is 10.6 Å². The lowest BCUT2D eigenvalue weighted by molar-refractivity contribution is -0.145. The summed E-state index contributed by atoms with van der Waals surface area (Å²) >= 11 is 0. The molecule has 0 saturated heterocycles. The fourth-order valence-electron chi connectivity index (χ4n) is 3.40. The molecular formula is C23H44N2O6. The van der Waals surface area contributed by atoms with Crippen molar-refractivity contribution < 1.29 is 29.7 Å². The number of carbonyl (C=O) groups excluding carboxylic acids is 2. The number of aliphatic hydroxyl groups excluding tert-OH is 2. The van der Waals surface area contributed by atoms with Gasteiger partial charge in [-0.15, -0.1) is 0 Å². The Balaban J connectivity index is 4.23. The summed E-state index contributed by atoms with van der Waals surface area (Å²) in [5.41, 5.74) is 0. The molecule has 2 amide bonds. The van der Waals surface area contributed by atoms with Crippen molar-refractivity contribution in [2.75, 3.05) is 0 Å². The molecule has 4 unspecified atom stereocenters. The first kappa shape index (κ1) is 29.3. The van der Waals surface area contributed by atoms with E-state index in [4.69, 9.17) is 5.11 Å². The second-order valence-electron chi connectivity index (χ2n) is 8.37. The Bertz CT molecular complexity index is 512. The lowest BCUT2D eigenvalue weighted by atomic mass is 10.0. The molecule has 0 fully saturated rings. The zero-order valence-corrected chi connectivity index (χ0v) is 19.6. The predicted octanol–water partition coefficient (Wildman–Crippen LogP) is 2.89. The summed E-state index contributed by atoms with van der Waals surface area (Å²) in [4.78, 5) is 35.8. The maximum absolute atomic E-state index is 12.4. The van der Waals surface area contributed by atoms with E-state index in [0.29, 0.717) is 6.42 Å². The molecule has 0 aliphatic carbocycles. The Kier molecular flexibility index (Phi) is 17.0. The lowest BCUT2D eigenvalue weighted by Crippen LogP contribution is -2.58. The molecule has 0 radical (unpaired) electrons. The van der Waals surface area contributed by atoms with Crippen molar-refractivity contribution in [2.24, 2.45) is 0 Å². The molecule has 31 heavy (non-hydrogen) atoms. The minimum absolute atomic E-state index is 0.212. The Morgan fingerprint density at radius 3 is 1.65 bits per heavy atom. The molecule has 8 heteroatoms. The van der Waals surface area contributed by atoms with Crippen molar-refractivity contribution in [1.82, 2.24) is 10.6 Å². The maximum Gasteiger partial charge on any atom is 0.328 e. The standard InChI is InChI=1S/C23H44N2O6/c1-4-6-7-8-9-10-11-12-13-14-15-16-19(28)24-21(18(27)5-2)22(29)25-20(17(3)26)23(30)31/h17-18,20-21,26-27H,4-16H2,1-3H3,(H,24,28)(H,25,29)(H,30,31). The first-order chi connectivity index (χ1) is 14.7. The Hall–Kier alpha value is -1.67. The van der Waals surface area contributed by atoms with Gasteiger partial charge in [-0.05, 0) is 19.8 Å². The van der Waals surface area contributed by atoms with Gasteiger partial charge in [0.1, 0.15) is 6.04 Å². The average Bonchev–Trinajstić information content (AvgIpc) is 2.72. The zero-order chi connectivity index (χ0) is 23.6. The van der Waals surface area contributed by atoms with E-state index in [1.807, 2.05) is 0 Å². The molecule has 4 atom stereocenters. The van der Waals surface area contributed by atoms with E-state index in [1.165, 1.54) is 51.9 Å². The highest BCUT2D eigenvalue weighted by atomic mass is 16.4. The van der Waals surface area contributed by atoms with Crippen molar-refractivity contribution in [3.63, 3.8) is 0 Å². The van der Waals surface area contributed by atoms with Gasteiger partial charge in [0, 0.05) is 6.42 Å². The van der Waals surface area contributed by atoms with E-state index in [9.17, 15) is 24.6 Å². The van der Waals surface area contributed by atoms with Gasteiger partial charge in [-0.2, -0.15) is 0 Å². The smallest absolute Gasteiger partial charge is 0.328 e. The summed E-state index contributed by atoms with van der Waals surface area (Å²) in [7, 11) is 0. The molecule has 5 N–H and O–H groups in total. The van der Waals surface area contributed by atoms with Gasteiger partial charge < -0.3 is 26.0 Å². The summed E-state index contributed by atoms with van der Waals surface area (Å²) in [5, 5.41) is 33.4. The molecule has 8 nitrogen and oxygen atoms in total. The van der Waals surface area contributed by atoms with Gasteiger partial charge in [0.2, 0.25) is 11.8 Å². The molecule has 0 aliphatic rings. The average molecular weight is 445 g/mol. The van der Waals surface area contributed by atoms with Crippen molar-refractivity contribution in [3.8, 4) is 0 Å². The van der Waals surface area contributed by atoms with Crippen LogP contribution in [0.1, 0.15) is 104 Å². The second-order valence-corrected chi connectivity index (χ2v) is 8.37. The maximum atomic E-state index is 12.4. The van der Waals surface area contributed by atoms with Gasteiger partial charge >= 0.3 is 5.97 Å². The molecule has 0 aromatic rings. The lowest BCUT2D eigenvalue weighted by Gasteiger charge is -2.25. The van der Waals surface area contributed by atoms with Crippen molar-refractivity contribution in [3.05, 3.63) is 0 Å². The number of aliphatic hydroxyl groups is 2. The Morgan fingerprint density at radius 2 is 1.23 bits per heavy atom. The molecular weight excluding hydrogens is 400 g/mol. The highest BCUT2D eigenvalue weighted by Gasteiger charge is 2.32. The number of carbonyl (C=O) groups is 3. The Morgan fingerprint density at radius 1 is 0.742 bits per heavy atom. The van der Waals surface area contributed by atoms with Crippen molar-refractivity contribution in [2.45, 2.75) is 129 Å². The number of unbranched alkanes of at least 4 members (excludes halogenated alkanes) is 10. The van der Waals surface area contributed by atoms with Gasteiger partial charge in [0.05, 0.1) is 12.2 Å². The number of hydrogen-bond acceptors (Lipinski definition) is 5. The Labute approximate surface area is 187 Å². The van der Waals surface area contributed by atoms with E-state index in [2.05, 4.69) is 17.6 Å². The van der Waals surface area contributed by atoms with Gasteiger partial charge in [0.25, 0.3) is 0 Å². The summed E-state index contributed by atoms with van der Waals surface area (Å²) < 4.78 is 0. The first-order valence-electron chi connectivity index (χ1n) is 11.9. The SMILES string of the molecule is CCCCCCCCCCCCCC(=O)NC(C(=O)NC(C(=O)O)C(C)O)C(O)CC. The van der Waals surface area contributed by atoms with E-state index in [1.54, 1.807) is 6.92 Å². The van der Waals surface area contributed by atoms with Crippen LogP contribution in [0.4, 0.5) is 0 Å². The molecule has 0 rings (SSSR count). The zero-order valence-electron chi connectivity index (χ0n) is 19.6. The van der Waals surface area contributed by atoms with Crippen LogP contribution in [-0.2, 0) is 14.4 Å². The van der Waals surface area contributed by atoms with Crippen LogP contribution in [0, 0.1) is 0 Å². The number of rotatable bonds is 19. The normalized spacial score (nSPS) is 15.0. The van der Waals surface area contributed by atoms with Crippen LogP contribution in [-0.4, -0.2) is 57.4 Å². The van der Waals surface area contributed by atoms with E-state index in [-0.39, 0.29) is 18.7 Å². The number of hydrogen-bond donors (Lipinski definition) is 5. The molecule has 0 aromatic heterocycles. The van der Waals surface area contributed by atoms with Crippen LogP contribution in [0.5, 0.6) is 0 Å². The number of nitrogens with one attached hydrogen (secondary N) is 2. The largest absolute Gasteiger partial charge is 0.480 e. The summed E-state index contributed by atoms with van der Waals surface area (Å²) in [5.74, 6) is -2.57. The highest BCUT2D eigenvalue weighted by Crippen LogP contribution is 2.12. The number of carboxylic acids is 1. The van der Waals surface area contributed by atoms with Gasteiger partial charge in [0.15, 0.2) is 6.04 Å². The molecule has 0 saturated carbocycles. The van der Waals surface area contributed by atoms with Crippen LogP contribution >= 0.6 is 0 Å². The van der Waals surface area contributed by atoms with Crippen molar-refractivity contribution in [1.29, 1.82) is 0 Å². The molecule has 182 valence electrons. The summed E-state index contributed by atoms with van der Waals surface area (Å²) in [6.45, 7) is 5.12. The van der Waals surface area contributed by atoms with Crippen LogP contribution in [0.3, 0.4) is 0 Å². The third kappa shape index (κ3) is 14.1.